The van der Waals surface area contributed by atoms with Crippen molar-refractivity contribution in [2.75, 3.05) is 0 Å². The molecule has 2 aromatic rings. The fourth-order valence-electron chi connectivity index (χ4n) is 2.03. The molecule has 3 heteroatoms. The zero-order valence-corrected chi connectivity index (χ0v) is 10.4. The van der Waals surface area contributed by atoms with Crippen molar-refractivity contribution in [3.8, 4) is 0 Å². The first-order valence-electron chi connectivity index (χ1n) is 5.67. The molecule has 17 heavy (non-hydrogen) atoms. The summed E-state index contributed by atoms with van der Waals surface area (Å²) in [7, 11) is 2.00. The summed E-state index contributed by atoms with van der Waals surface area (Å²) in [5.41, 5.74) is 1.51. The number of fused-ring (bicyclic) bond motifs is 1. The van der Waals surface area contributed by atoms with Gasteiger partial charge in [-0.05, 0) is 49.4 Å². The van der Waals surface area contributed by atoms with E-state index in [-0.39, 0.29) is 0 Å². The summed E-state index contributed by atoms with van der Waals surface area (Å²) in [6.07, 6.45) is 2.56. The van der Waals surface area contributed by atoms with E-state index in [1.165, 1.54) is 5.52 Å². The van der Waals surface area contributed by atoms with E-state index in [0.717, 1.165) is 10.9 Å². The van der Waals surface area contributed by atoms with E-state index >= 15 is 0 Å². The van der Waals surface area contributed by atoms with Crippen molar-refractivity contribution in [2.45, 2.75) is 20.3 Å². The number of carboxylic acid groups (broad SMARTS) is 1. The standard InChI is InChI=1S/C14H17NO2/c1-14(2,13(16)17)9-10-4-5-12-11(8-10)6-7-15(12)3/h4-8H,9H2,1-3H3,(H,16,17). The second kappa shape index (κ2) is 3.91. The Morgan fingerprint density at radius 3 is 2.71 bits per heavy atom. The van der Waals surface area contributed by atoms with Gasteiger partial charge in [0.25, 0.3) is 0 Å². The monoisotopic (exact) mass is 231 g/mol. The van der Waals surface area contributed by atoms with Crippen LogP contribution < -0.4 is 0 Å². The molecule has 0 saturated carbocycles. The van der Waals surface area contributed by atoms with Gasteiger partial charge in [-0.25, -0.2) is 0 Å². The molecule has 0 bridgehead atoms. The van der Waals surface area contributed by atoms with Crippen molar-refractivity contribution in [1.82, 2.24) is 4.57 Å². The third kappa shape index (κ3) is 2.18. The van der Waals surface area contributed by atoms with Crippen LogP contribution in [0.3, 0.4) is 0 Å². The van der Waals surface area contributed by atoms with Crippen molar-refractivity contribution < 1.29 is 9.90 Å². The maximum Gasteiger partial charge on any atom is 0.309 e. The van der Waals surface area contributed by atoms with Crippen LogP contribution in [0.4, 0.5) is 0 Å². The van der Waals surface area contributed by atoms with Gasteiger partial charge in [0.1, 0.15) is 0 Å². The minimum Gasteiger partial charge on any atom is -0.481 e. The first-order valence-corrected chi connectivity index (χ1v) is 5.67. The van der Waals surface area contributed by atoms with Crippen LogP contribution in [-0.2, 0) is 18.3 Å². The van der Waals surface area contributed by atoms with Crippen molar-refractivity contribution in [3.05, 3.63) is 36.0 Å². The molecule has 0 aliphatic heterocycles. The predicted octanol–water partition coefficient (Wildman–Crippen LogP) is 2.83. The quantitative estimate of drug-likeness (QED) is 0.882. The Hall–Kier alpha value is -1.77. The Labute approximate surface area is 101 Å². The molecule has 90 valence electrons. The minimum atomic E-state index is -0.759. The number of nitrogens with zero attached hydrogens (tertiary/aromatic N) is 1. The summed E-state index contributed by atoms with van der Waals surface area (Å²) >= 11 is 0. The van der Waals surface area contributed by atoms with Gasteiger partial charge in [-0.2, -0.15) is 0 Å². The summed E-state index contributed by atoms with van der Waals surface area (Å²) in [5.74, 6) is -0.759. The summed E-state index contributed by atoms with van der Waals surface area (Å²) in [6, 6.07) is 8.17. The van der Waals surface area contributed by atoms with E-state index in [0.29, 0.717) is 6.42 Å². The van der Waals surface area contributed by atoms with Gasteiger partial charge >= 0.3 is 5.97 Å². The summed E-state index contributed by atoms with van der Waals surface area (Å²) in [4.78, 5) is 11.1. The van der Waals surface area contributed by atoms with Crippen LogP contribution in [0.2, 0.25) is 0 Å². The number of aliphatic carboxylic acids is 1. The summed E-state index contributed by atoms with van der Waals surface area (Å²) in [5, 5.41) is 10.3. The van der Waals surface area contributed by atoms with Crippen LogP contribution in [0.1, 0.15) is 19.4 Å². The van der Waals surface area contributed by atoms with E-state index in [1.807, 2.05) is 31.4 Å². The normalized spacial score (nSPS) is 11.9. The lowest BCUT2D eigenvalue weighted by Crippen LogP contribution is -2.26. The number of carboxylic acids is 1. The SMILES string of the molecule is Cn1ccc2cc(CC(C)(C)C(=O)O)ccc21. The topological polar surface area (TPSA) is 42.2 Å². The van der Waals surface area contributed by atoms with Gasteiger partial charge in [0.2, 0.25) is 0 Å². The van der Waals surface area contributed by atoms with Gasteiger partial charge in [-0.15, -0.1) is 0 Å². The van der Waals surface area contributed by atoms with Gasteiger partial charge in [0.15, 0.2) is 0 Å². The van der Waals surface area contributed by atoms with Crippen LogP contribution in [-0.4, -0.2) is 15.6 Å². The average molecular weight is 231 g/mol. The zero-order chi connectivity index (χ0) is 12.6. The Kier molecular flexibility index (Phi) is 2.69. The van der Waals surface area contributed by atoms with E-state index < -0.39 is 11.4 Å². The van der Waals surface area contributed by atoms with Crippen molar-refractivity contribution >= 4 is 16.9 Å². The molecule has 2 rings (SSSR count). The Morgan fingerprint density at radius 1 is 1.35 bits per heavy atom. The summed E-state index contributed by atoms with van der Waals surface area (Å²) in [6.45, 7) is 3.51. The highest BCUT2D eigenvalue weighted by Crippen LogP contribution is 2.24. The van der Waals surface area contributed by atoms with E-state index in [4.69, 9.17) is 5.11 Å². The van der Waals surface area contributed by atoms with E-state index in [9.17, 15) is 4.79 Å². The third-order valence-corrected chi connectivity index (χ3v) is 3.17. The number of aryl methyl sites for hydroxylation is 1. The van der Waals surface area contributed by atoms with Crippen LogP contribution in [0.15, 0.2) is 30.5 Å². The molecule has 1 N–H and O–H groups in total. The van der Waals surface area contributed by atoms with Crippen LogP contribution in [0, 0.1) is 5.41 Å². The number of hydrogen-bond acceptors (Lipinski definition) is 1. The Balaban J connectivity index is 2.34. The number of aromatic nitrogens is 1. The molecule has 0 saturated heterocycles. The fourth-order valence-corrected chi connectivity index (χ4v) is 2.03. The van der Waals surface area contributed by atoms with Crippen molar-refractivity contribution in [3.63, 3.8) is 0 Å². The maximum atomic E-state index is 11.1. The highest BCUT2D eigenvalue weighted by molar-refractivity contribution is 5.81. The van der Waals surface area contributed by atoms with Crippen LogP contribution in [0.25, 0.3) is 10.9 Å². The molecule has 0 aliphatic carbocycles. The number of benzene rings is 1. The van der Waals surface area contributed by atoms with Crippen molar-refractivity contribution in [2.24, 2.45) is 12.5 Å². The molecular formula is C14H17NO2. The number of carbonyl (C=O) groups is 1. The molecule has 3 nitrogen and oxygen atoms in total. The first-order chi connectivity index (χ1) is 7.90. The minimum absolute atomic E-state index is 0.549. The maximum absolute atomic E-state index is 11.1. The smallest absolute Gasteiger partial charge is 0.309 e. The van der Waals surface area contributed by atoms with Gasteiger partial charge in [-0.1, -0.05) is 6.07 Å². The van der Waals surface area contributed by atoms with Gasteiger partial charge in [-0.3, -0.25) is 4.79 Å². The molecule has 0 unspecified atom stereocenters. The van der Waals surface area contributed by atoms with E-state index in [2.05, 4.69) is 10.6 Å². The molecule has 0 spiro atoms. The van der Waals surface area contributed by atoms with Crippen LogP contribution >= 0.6 is 0 Å². The second-order valence-corrected chi connectivity index (χ2v) is 5.19. The second-order valence-electron chi connectivity index (χ2n) is 5.19. The van der Waals surface area contributed by atoms with Crippen molar-refractivity contribution in [1.29, 1.82) is 0 Å². The zero-order valence-electron chi connectivity index (χ0n) is 10.4. The third-order valence-electron chi connectivity index (χ3n) is 3.17. The molecule has 0 fully saturated rings. The Bertz CT molecular complexity index is 567. The molecule has 1 aromatic carbocycles. The molecule has 1 heterocycles. The predicted molar refractivity (Wildman–Crippen MR) is 68.0 cm³/mol. The van der Waals surface area contributed by atoms with Gasteiger partial charge in [0, 0.05) is 18.8 Å². The number of rotatable bonds is 3. The molecule has 0 radical (unpaired) electrons. The number of hydrogen-bond donors (Lipinski definition) is 1. The lowest BCUT2D eigenvalue weighted by molar-refractivity contribution is -0.146. The fraction of sp³-hybridized carbons (Fsp3) is 0.357. The van der Waals surface area contributed by atoms with Crippen LogP contribution in [0.5, 0.6) is 0 Å². The Morgan fingerprint density at radius 2 is 2.06 bits per heavy atom. The molecule has 0 aliphatic rings. The van der Waals surface area contributed by atoms with Gasteiger partial charge in [0.05, 0.1) is 5.41 Å². The van der Waals surface area contributed by atoms with Gasteiger partial charge < -0.3 is 9.67 Å². The lowest BCUT2D eigenvalue weighted by atomic mass is 9.86. The van der Waals surface area contributed by atoms with E-state index in [1.54, 1.807) is 13.8 Å². The highest BCUT2D eigenvalue weighted by Gasteiger charge is 2.27. The lowest BCUT2D eigenvalue weighted by Gasteiger charge is -2.18. The molecular weight excluding hydrogens is 214 g/mol. The molecule has 0 atom stereocenters. The first kappa shape index (κ1) is 11.7. The summed E-state index contributed by atoms with van der Waals surface area (Å²) < 4.78 is 2.06. The largest absolute Gasteiger partial charge is 0.481 e. The highest BCUT2D eigenvalue weighted by atomic mass is 16.4. The molecule has 1 aromatic heterocycles. The molecule has 0 amide bonds. The average Bonchev–Trinajstić information content (AvgIpc) is 2.59.